The minimum absolute atomic E-state index is 0.273. The van der Waals surface area contributed by atoms with Crippen molar-refractivity contribution in [1.82, 2.24) is 19.9 Å². The van der Waals surface area contributed by atoms with Crippen LogP contribution >= 0.6 is 11.3 Å². The van der Waals surface area contributed by atoms with Crippen molar-refractivity contribution < 1.29 is 4.39 Å². The molecular weight excluding hydrogens is 349 g/mol. The molecule has 1 aliphatic rings. The van der Waals surface area contributed by atoms with Gasteiger partial charge in [-0.15, -0.1) is 11.3 Å². The Hall–Kier alpha value is -2.38. The number of benzene rings is 1. The van der Waals surface area contributed by atoms with Gasteiger partial charge < -0.3 is 4.90 Å². The molecule has 3 heterocycles. The quantitative estimate of drug-likeness (QED) is 0.706. The van der Waals surface area contributed by atoms with Gasteiger partial charge in [0.15, 0.2) is 5.82 Å². The number of hydrogen-bond acceptors (Lipinski definition) is 6. The first-order valence-corrected chi connectivity index (χ1v) is 9.42. The molecule has 0 amide bonds. The monoisotopic (exact) mass is 369 g/mol. The van der Waals surface area contributed by atoms with Crippen LogP contribution in [0.1, 0.15) is 16.3 Å². The Balaban J connectivity index is 1.68. The maximum Gasteiger partial charge on any atom is 0.161 e. The average molecular weight is 369 g/mol. The number of hydrogen-bond donors (Lipinski definition) is 0. The molecule has 0 atom stereocenters. The Morgan fingerprint density at radius 2 is 2.15 bits per heavy atom. The van der Waals surface area contributed by atoms with Gasteiger partial charge in [0.05, 0.1) is 12.2 Å². The van der Waals surface area contributed by atoms with Gasteiger partial charge in [0, 0.05) is 56.3 Å². The molecule has 0 N–H and O–H groups in total. The van der Waals surface area contributed by atoms with E-state index in [4.69, 9.17) is 9.97 Å². The summed E-state index contributed by atoms with van der Waals surface area (Å²) in [6.45, 7) is 2.57. The van der Waals surface area contributed by atoms with E-state index in [0.29, 0.717) is 11.4 Å². The van der Waals surface area contributed by atoms with Crippen LogP contribution < -0.4 is 4.90 Å². The second-order valence-electron chi connectivity index (χ2n) is 6.59. The van der Waals surface area contributed by atoms with Gasteiger partial charge in [0.1, 0.15) is 16.6 Å². The van der Waals surface area contributed by atoms with Crippen LogP contribution in [0.3, 0.4) is 0 Å². The van der Waals surface area contributed by atoms with Crippen molar-refractivity contribution >= 4 is 17.2 Å². The number of aromatic nitrogens is 3. The topological polar surface area (TPSA) is 45.2 Å². The maximum atomic E-state index is 13.6. The molecule has 4 rings (SSSR count). The minimum atomic E-state index is -0.273. The van der Waals surface area contributed by atoms with Gasteiger partial charge in [0.25, 0.3) is 0 Å². The molecule has 5 nitrogen and oxygen atoms in total. The normalized spacial score (nSPS) is 14.3. The Labute approximate surface area is 156 Å². The zero-order chi connectivity index (χ0) is 18.1. The smallest absolute Gasteiger partial charge is 0.161 e. The number of thiazole rings is 1. The molecule has 134 valence electrons. The first-order valence-electron chi connectivity index (χ1n) is 8.54. The van der Waals surface area contributed by atoms with E-state index in [1.807, 2.05) is 36.6 Å². The van der Waals surface area contributed by atoms with Crippen molar-refractivity contribution in [3.63, 3.8) is 0 Å². The molecule has 1 aliphatic heterocycles. The number of halogens is 1. The highest BCUT2D eigenvalue weighted by atomic mass is 32.1. The van der Waals surface area contributed by atoms with Crippen LogP contribution in [-0.2, 0) is 19.5 Å². The first-order chi connectivity index (χ1) is 12.6. The summed E-state index contributed by atoms with van der Waals surface area (Å²) in [5.74, 6) is 1.21. The third-order valence-electron chi connectivity index (χ3n) is 4.47. The third-order valence-corrected chi connectivity index (χ3v) is 5.23. The highest BCUT2D eigenvalue weighted by molar-refractivity contribution is 7.09. The summed E-state index contributed by atoms with van der Waals surface area (Å²) in [7, 11) is 3.97. The zero-order valence-corrected chi connectivity index (χ0v) is 15.6. The summed E-state index contributed by atoms with van der Waals surface area (Å²) in [6, 6.07) is 6.46. The molecule has 26 heavy (non-hydrogen) atoms. The molecule has 0 saturated carbocycles. The van der Waals surface area contributed by atoms with Crippen LogP contribution in [0.5, 0.6) is 0 Å². The van der Waals surface area contributed by atoms with Gasteiger partial charge in [-0.05, 0) is 12.1 Å². The summed E-state index contributed by atoms with van der Waals surface area (Å²) < 4.78 is 13.6. The minimum Gasteiger partial charge on any atom is -0.362 e. The van der Waals surface area contributed by atoms with Crippen molar-refractivity contribution in [2.24, 2.45) is 0 Å². The van der Waals surface area contributed by atoms with Crippen LogP contribution in [-0.4, -0.2) is 40.5 Å². The standard InChI is InChI=1S/C19H20FN5S/c1-24(2)19-15-11-25(12-17-21-7-9-26-17)8-6-16(15)22-18(23-19)13-4-3-5-14(20)10-13/h3-5,7,9-10H,6,8,11-12H2,1-2H3. The lowest BCUT2D eigenvalue weighted by Gasteiger charge is -2.30. The third kappa shape index (κ3) is 3.45. The van der Waals surface area contributed by atoms with E-state index in [1.54, 1.807) is 17.4 Å². The molecule has 7 heteroatoms. The number of anilines is 1. The number of nitrogens with zero attached hydrogens (tertiary/aromatic N) is 5. The molecule has 0 saturated heterocycles. The van der Waals surface area contributed by atoms with Gasteiger partial charge in [-0.3, -0.25) is 4.90 Å². The Morgan fingerprint density at radius 3 is 2.88 bits per heavy atom. The van der Waals surface area contributed by atoms with Crippen LogP contribution in [0.2, 0.25) is 0 Å². The van der Waals surface area contributed by atoms with Gasteiger partial charge in [-0.2, -0.15) is 0 Å². The molecule has 0 radical (unpaired) electrons. The maximum absolute atomic E-state index is 13.6. The molecule has 1 aromatic carbocycles. The summed E-state index contributed by atoms with van der Waals surface area (Å²) in [5, 5.41) is 3.13. The number of rotatable bonds is 4. The van der Waals surface area contributed by atoms with Gasteiger partial charge in [-0.25, -0.2) is 19.3 Å². The predicted molar refractivity (Wildman–Crippen MR) is 102 cm³/mol. The largest absolute Gasteiger partial charge is 0.362 e. The Kier molecular flexibility index (Phi) is 4.65. The van der Waals surface area contributed by atoms with Crippen LogP contribution in [0.4, 0.5) is 10.2 Å². The highest BCUT2D eigenvalue weighted by Gasteiger charge is 2.24. The lowest BCUT2D eigenvalue weighted by atomic mass is 10.0. The summed E-state index contributed by atoms with van der Waals surface area (Å²) in [5.41, 5.74) is 2.91. The van der Waals surface area contributed by atoms with Crippen molar-refractivity contribution in [3.05, 3.63) is 57.9 Å². The predicted octanol–water partition coefficient (Wildman–Crippen LogP) is 3.36. The molecule has 0 aliphatic carbocycles. The average Bonchev–Trinajstić information content (AvgIpc) is 3.13. The molecule has 0 unspecified atom stereocenters. The summed E-state index contributed by atoms with van der Waals surface area (Å²) in [6.07, 6.45) is 2.70. The Morgan fingerprint density at radius 1 is 1.27 bits per heavy atom. The van der Waals surface area contributed by atoms with Crippen molar-refractivity contribution in [2.75, 3.05) is 25.5 Å². The van der Waals surface area contributed by atoms with E-state index in [0.717, 1.165) is 48.1 Å². The summed E-state index contributed by atoms with van der Waals surface area (Å²) in [4.78, 5) is 18.3. The fourth-order valence-corrected chi connectivity index (χ4v) is 3.89. The molecular formula is C19H20FN5S. The van der Waals surface area contributed by atoms with E-state index in [1.165, 1.54) is 12.1 Å². The molecule has 0 spiro atoms. The van der Waals surface area contributed by atoms with E-state index >= 15 is 0 Å². The molecule has 0 bridgehead atoms. The zero-order valence-electron chi connectivity index (χ0n) is 14.8. The lowest BCUT2D eigenvalue weighted by Crippen LogP contribution is -2.32. The number of fused-ring (bicyclic) bond motifs is 1. The first kappa shape index (κ1) is 17.1. The summed E-state index contributed by atoms with van der Waals surface area (Å²) >= 11 is 1.68. The Bertz CT molecular complexity index is 910. The fourth-order valence-electron chi connectivity index (χ4n) is 3.24. The van der Waals surface area contributed by atoms with Gasteiger partial charge in [0.2, 0.25) is 0 Å². The van der Waals surface area contributed by atoms with E-state index in [-0.39, 0.29) is 5.82 Å². The fraction of sp³-hybridized carbons (Fsp3) is 0.316. The van der Waals surface area contributed by atoms with E-state index in [2.05, 4.69) is 9.88 Å². The van der Waals surface area contributed by atoms with Crippen LogP contribution in [0, 0.1) is 5.82 Å². The lowest BCUT2D eigenvalue weighted by molar-refractivity contribution is 0.243. The van der Waals surface area contributed by atoms with Crippen LogP contribution in [0.25, 0.3) is 11.4 Å². The highest BCUT2D eigenvalue weighted by Crippen LogP contribution is 2.29. The van der Waals surface area contributed by atoms with Crippen molar-refractivity contribution in [3.8, 4) is 11.4 Å². The molecule has 3 aromatic rings. The van der Waals surface area contributed by atoms with Gasteiger partial charge in [-0.1, -0.05) is 12.1 Å². The second kappa shape index (κ2) is 7.09. The van der Waals surface area contributed by atoms with E-state index < -0.39 is 0 Å². The molecule has 0 fully saturated rings. The van der Waals surface area contributed by atoms with E-state index in [9.17, 15) is 4.39 Å². The van der Waals surface area contributed by atoms with Crippen molar-refractivity contribution in [1.29, 1.82) is 0 Å². The SMILES string of the molecule is CN(C)c1nc(-c2cccc(F)c2)nc2c1CN(Cc1nccs1)CC2. The second-order valence-corrected chi connectivity index (χ2v) is 7.57. The van der Waals surface area contributed by atoms with Gasteiger partial charge >= 0.3 is 0 Å². The molecule has 2 aromatic heterocycles. The van der Waals surface area contributed by atoms with Crippen molar-refractivity contribution in [2.45, 2.75) is 19.5 Å². The van der Waals surface area contributed by atoms with Crippen LogP contribution in [0.15, 0.2) is 35.8 Å².